The van der Waals surface area contributed by atoms with Gasteiger partial charge in [0.15, 0.2) is 0 Å². The Kier molecular flexibility index (Phi) is 5.95. The van der Waals surface area contributed by atoms with Gasteiger partial charge >= 0.3 is 5.97 Å². The van der Waals surface area contributed by atoms with Crippen molar-refractivity contribution in [2.45, 2.75) is 32.6 Å². The van der Waals surface area contributed by atoms with Crippen LogP contribution in [0.4, 0.5) is 0 Å². The van der Waals surface area contributed by atoms with Gasteiger partial charge in [-0.25, -0.2) is 4.98 Å². The molecule has 0 radical (unpaired) electrons. The Balaban J connectivity index is 1.19. The molecule has 2 aromatic carbocycles. The third-order valence-corrected chi connectivity index (χ3v) is 5.54. The predicted octanol–water partition coefficient (Wildman–Crippen LogP) is 4.76. The van der Waals surface area contributed by atoms with Gasteiger partial charge < -0.3 is 9.15 Å². The third kappa shape index (κ3) is 5.06. The number of benzene rings is 2. The van der Waals surface area contributed by atoms with Crippen LogP contribution in [0.2, 0.25) is 0 Å². The van der Waals surface area contributed by atoms with E-state index in [1.165, 1.54) is 10.3 Å². The van der Waals surface area contributed by atoms with Gasteiger partial charge in [0.2, 0.25) is 11.8 Å². The highest BCUT2D eigenvalue weighted by atomic mass is 32.1. The number of hydrogen-bond donors (Lipinski definition) is 0. The average Bonchev–Trinajstić information content (AvgIpc) is 3.37. The van der Waals surface area contributed by atoms with Gasteiger partial charge in [-0.1, -0.05) is 29.8 Å². The summed E-state index contributed by atoms with van der Waals surface area (Å²) in [5.41, 5.74) is 3.06. The maximum Gasteiger partial charge on any atom is 0.306 e. The molecule has 7 heteroatoms. The lowest BCUT2D eigenvalue weighted by atomic mass is 10.1. The molecule has 0 amide bonds. The van der Waals surface area contributed by atoms with Crippen molar-refractivity contribution >= 4 is 27.5 Å². The number of aromatic nitrogens is 3. The second-order valence-corrected chi connectivity index (χ2v) is 7.88. The molecular formula is C22H21N3O3S. The number of para-hydroxylation sites is 1. The van der Waals surface area contributed by atoms with Crippen LogP contribution in [0.5, 0.6) is 0 Å². The van der Waals surface area contributed by atoms with E-state index in [0.29, 0.717) is 24.8 Å². The third-order valence-electron chi connectivity index (χ3n) is 4.44. The standard InChI is InChI=1S/C22H21N3O3S/c1-15-8-10-16(11-9-15)22-25-24-19(28-22)12-13-21(26)27-14-4-7-20-23-17-5-2-3-6-18(17)29-20/h2-3,5-6,8-11H,4,7,12-14H2,1H3. The quantitative estimate of drug-likeness (QED) is 0.309. The SMILES string of the molecule is Cc1ccc(-c2nnc(CCC(=O)OCCCc3nc4ccccc4s3)o2)cc1. The summed E-state index contributed by atoms with van der Waals surface area (Å²) in [5, 5.41) is 9.13. The van der Waals surface area contributed by atoms with Crippen LogP contribution in [0.25, 0.3) is 21.7 Å². The highest BCUT2D eigenvalue weighted by Gasteiger charge is 2.11. The molecule has 0 spiro atoms. The minimum absolute atomic E-state index is 0.219. The number of carbonyl (C=O) groups excluding carboxylic acids is 1. The Morgan fingerprint density at radius 2 is 1.90 bits per heavy atom. The fourth-order valence-electron chi connectivity index (χ4n) is 2.88. The summed E-state index contributed by atoms with van der Waals surface area (Å²) in [5.74, 6) is 0.639. The molecule has 0 atom stereocenters. The molecule has 148 valence electrons. The van der Waals surface area contributed by atoms with Crippen molar-refractivity contribution in [2.75, 3.05) is 6.61 Å². The van der Waals surface area contributed by atoms with E-state index in [1.54, 1.807) is 11.3 Å². The number of thiazole rings is 1. The summed E-state index contributed by atoms with van der Waals surface area (Å²) in [4.78, 5) is 16.5. The van der Waals surface area contributed by atoms with Gasteiger partial charge in [-0.15, -0.1) is 21.5 Å². The molecule has 0 aliphatic rings. The molecule has 0 bridgehead atoms. The van der Waals surface area contributed by atoms with Crippen LogP contribution in [0, 0.1) is 6.92 Å². The molecule has 0 N–H and O–H groups in total. The molecule has 4 rings (SSSR count). The van der Waals surface area contributed by atoms with Gasteiger partial charge in [-0.05, 0) is 37.6 Å². The number of esters is 1. The molecule has 0 aliphatic carbocycles. The van der Waals surface area contributed by atoms with Gasteiger partial charge in [0.05, 0.1) is 28.3 Å². The average molecular weight is 407 g/mol. The van der Waals surface area contributed by atoms with E-state index in [0.717, 1.165) is 28.9 Å². The maximum absolute atomic E-state index is 12.0. The normalized spacial score (nSPS) is 11.1. The molecule has 0 aliphatic heterocycles. The second-order valence-electron chi connectivity index (χ2n) is 6.77. The minimum Gasteiger partial charge on any atom is -0.466 e. The fraction of sp³-hybridized carbons (Fsp3) is 0.273. The zero-order valence-corrected chi connectivity index (χ0v) is 16.9. The Morgan fingerprint density at radius 1 is 1.07 bits per heavy atom. The number of hydrogen-bond acceptors (Lipinski definition) is 7. The Hall–Kier alpha value is -3.06. The molecule has 2 heterocycles. The van der Waals surface area contributed by atoms with E-state index in [1.807, 2.05) is 49.4 Å². The van der Waals surface area contributed by atoms with E-state index < -0.39 is 0 Å². The van der Waals surface area contributed by atoms with Crippen molar-refractivity contribution in [3.8, 4) is 11.5 Å². The van der Waals surface area contributed by atoms with Crippen LogP contribution >= 0.6 is 11.3 Å². The molecule has 0 saturated carbocycles. The zero-order valence-electron chi connectivity index (χ0n) is 16.1. The molecule has 29 heavy (non-hydrogen) atoms. The van der Waals surface area contributed by atoms with Crippen LogP contribution in [-0.4, -0.2) is 27.8 Å². The summed E-state index contributed by atoms with van der Waals surface area (Å²) < 4.78 is 12.1. The van der Waals surface area contributed by atoms with Gasteiger partial charge in [-0.3, -0.25) is 4.79 Å². The van der Waals surface area contributed by atoms with Gasteiger partial charge in [0.25, 0.3) is 0 Å². The number of aryl methyl sites for hydroxylation is 3. The summed E-state index contributed by atoms with van der Waals surface area (Å²) >= 11 is 1.69. The summed E-state index contributed by atoms with van der Waals surface area (Å²) in [6.45, 7) is 2.40. The largest absolute Gasteiger partial charge is 0.466 e. The second kappa shape index (κ2) is 8.96. The molecular weight excluding hydrogens is 386 g/mol. The van der Waals surface area contributed by atoms with Crippen LogP contribution < -0.4 is 0 Å². The van der Waals surface area contributed by atoms with Crippen molar-refractivity contribution in [3.05, 3.63) is 65.0 Å². The summed E-state index contributed by atoms with van der Waals surface area (Å²) in [6.07, 6.45) is 2.14. The van der Waals surface area contributed by atoms with Crippen LogP contribution in [-0.2, 0) is 22.4 Å². The molecule has 2 aromatic heterocycles. The van der Waals surface area contributed by atoms with Crippen LogP contribution in [0.15, 0.2) is 52.9 Å². The monoisotopic (exact) mass is 407 g/mol. The van der Waals surface area contributed by atoms with E-state index >= 15 is 0 Å². The van der Waals surface area contributed by atoms with E-state index in [-0.39, 0.29) is 12.4 Å². The minimum atomic E-state index is -0.260. The van der Waals surface area contributed by atoms with Gasteiger partial charge in [0.1, 0.15) is 0 Å². The molecule has 0 fully saturated rings. The van der Waals surface area contributed by atoms with E-state index in [4.69, 9.17) is 9.15 Å². The Labute approximate surface area is 172 Å². The molecule has 0 saturated heterocycles. The lowest BCUT2D eigenvalue weighted by molar-refractivity contribution is -0.143. The van der Waals surface area contributed by atoms with Crippen molar-refractivity contribution in [1.29, 1.82) is 0 Å². The number of fused-ring (bicyclic) bond motifs is 1. The van der Waals surface area contributed by atoms with Crippen LogP contribution in [0.3, 0.4) is 0 Å². The van der Waals surface area contributed by atoms with Crippen molar-refractivity contribution in [3.63, 3.8) is 0 Å². The smallest absolute Gasteiger partial charge is 0.306 e. The Morgan fingerprint density at radius 3 is 2.72 bits per heavy atom. The topological polar surface area (TPSA) is 78.1 Å². The molecule has 4 aromatic rings. The number of ether oxygens (including phenoxy) is 1. The van der Waals surface area contributed by atoms with Crippen molar-refractivity contribution in [2.24, 2.45) is 0 Å². The predicted molar refractivity (Wildman–Crippen MR) is 112 cm³/mol. The maximum atomic E-state index is 12.0. The van der Waals surface area contributed by atoms with Gasteiger partial charge in [0, 0.05) is 18.4 Å². The first-order chi connectivity index (χ1) is 14.2. The highest BCUT2D eigenvalue weighted by Crippen LogP contribution is 2.22. The first-order valence-electron chi connectivity index (χ1n) is 9.57. The van der Waals surface area contributed by atoms with Crippen LogP contribution in [0.1, 0.15) is 29.3 Å². The zero-order chi connectivity index (χ0) is 20.1. The summed E-state index contributed by atoms with van der Waals surface area (Å²) in [7, 11) is 0. The van der Waals surface area contributed by atoms with Gasteiger partial charge in [-0.2, -0.15) is 0 Å². The fourth-order valence-corrected chi connectivity index (χ4v) is 3.89. The summed E-state index contributed by atoms with van der Waals surface area (Å²) in [6, 6.07) is 15.9. The van der Waals surface area contributed by atoms with Crippen molar-refractivity contribution in [1.82, 2.24) is 15.2 Å². The number of rotatable bonds is 8. The molecule has 0 unspecified atom stereocenters. The van der Waals surface area contributed by atoms with Crippen molar-refractivity contribution < 1.29 is 13.9 Å². The first-order valence-corrected chi connectivity index (χ1v) is 10.4. The van der Waals surface area contributed by atoms with E-state index in [2.05, 4.69) is 21.2 Å². The number of carbonyl (C=O) groups is 1. The lowest BCUT2D eigenvalue weighted by Gasteiger charge is -2.02. The highest BCUT2D eigenvalue weighted by molar-refractivity contribution is 7.18. The molecule has 6 nitrogen and oxygen atoms in total. The first kappa shape index (κ1) is 19.3. The van der Waals surface area contributed by atoms with E-state index in [9.17, 15) is 4.79 Å². The Bertz CT molecular complexity index is 1070. The number of nitrogens with zero attached hydrogens (tertiary/aromatic N) is 3. The lowest BCUT2D eigenvalue weighted by Crippen LogP contribution is -2.07.